The Morgan fingerprint density at radius 2 is 2.35 bits per heavy atom. The summed E-state index contributed by atoms with van der Waals surface area (Å²) >= 11 is 0. The molecule has 1 N–H and O–H groups in total. The van der Waals surface area contributed by atoms with E-state index in [2.05, 4.69) is 10.4 Å². The van der Waals surface area contributed by atoms with Crippen LogP contribution in [0, 0.1) is 18.3 Å². The minimum Gasteiger partial charge on any atom is -0.479 e. The smallest absolute Gasteiger partial charge is 0.259 e. The van der Waals surface area contributed by atoms with Gasteiger partial charge in [-0.1, -0.05) is 6.07 Å². The zero-order chi connectivity index (χ0) is 14.5. The van der Waals surface area contributed by atoms with Crippen molar-refractivity contribution in [2.24, 2.45) is 7.05 Å². The van der Waals surface area contributed by atoms with E-state index in [9.17, 15) is 4.79 Å². The standard InChI is InChI=1S/C14H14N4O2/c1-10-13(9-16-18(10)2)14(19)17-11-4-3-5-12(8-11)20-7-6-15/h3-5,8-9H,7H2,1-2H3,(H,17,19). The van der Waals surface area contributed by atoms with Crippen LogP contribution in [-0.2, 0) is 7.05 Å². The zero-order valence-electron chi connectivity index (χ0n) is 11.3. The first-order valence-electron chi connectivity index (χ1n) is 6.01. The summed E-state index contributed by atoms with van der Waals surface area (Å²) in [7, 11) is 1.78. The molecule has 0 saturated carbocycles. The van der Waals surface area contributed by atoms with Crippen LogP contribution in [-0.4, -0.2) is 22.3 Å². The van der Waals surface area contributed by atoms with Gasteiger partial charge in [-0.2, -0.15) is 10.4 Å². The van der Waals surface area contributed by atoms with Gasteiger partial charge in [0.15, 0.2) is 6.61 Å². The van der Waals surface area contributed by atoms with Crippen molar-refractivity contribution in [3.8, 4) is 11.8 Å². The highest BCUT2D eigenvalue weighted by atomic mass is 16.5. The number of nitrogens with zero attached hydrogens (tertiary/aromatic N) is 3. The van der Waals surface area contributed by atoms with Crippen LogP contribution in [0.1, 0.15) is 16.1 Å². The van der Waals surface area contributed by atoms with Crippen LogP contribution < -0.4 is 10.1 Å². The van der Waals surface area contributed by atoms with Crippen LogP contribution in [0.15, 0.2) is 30.5 Å². The third-order valence-corrected chi connectivity index (χ3v) is 2.88. The Kier molecular flexibility index (Phi) is 4.01. The SMILES string of the molecule is Cc1c(C(=O)Nc2cccc(OCC#N)c2)cnn1C. The lowest BCUT2D eigenvalue weighted by Gasteiger charge is -2.07. The summed E-state index contributed by atoms with van der Waals surface area (Å²) in [6.07, 6.45) is 1.53. The molecule has 0 bridgehead atoms. The van der Waals surface area contributed by atoms with Gasteiger partial charge in [-0.25, -0.2) is 0 Å². The van der Waals surface area contributed by atoms with Crippen LogP contribution in [0.4, 0.5) is 5.69 Å². The highest BCUT2D eigenvalue weighted by Crippen LogP contribution is 2.18. The molecule has 20 heavy (non-hydrogen) atoms. The summed E-state index contributed by atoms with van der Waals surface area (Å²) in [6.45, 7) is 1.80. The molecular formula is C14H14N4O2. The maximum Gasteiger partial charge on any atom is 0.259 e. The van der Waals surface area contributed by atoms with Crippen molar-refractivity contribution in [2.45, 2.75) is 6.92 Å². The van der Waals surface area contributed by atoms with Crippen molar-refractivity contribution in [1.82, 2.24) is 9.78 Å². The van der Waals surface area contributed by atoms with E-state index < -0.39 is 0 Å². The van der Waals surface area contributed by atoms with E-state index in [4.69, 9.17) is 10.00 Å². The highest BCUT2D eigenvalue weighted by molar-refractivity contribution is 6.04. The second-order valence-electron chi connectivity index (χ2n) is 4.20. The molecular weight excluding hydrogens is 256 g/mol. The number of nitrogens with one attached hydrogen (secondary N) is 1. The second-order valence-corrected chi connectivity index (χ2v) is 4.20. The minimum atomic E-state index is -0.229. The molecule has 0 aliphatic heterocycles. The number of anilines is 1. The lowest BCUT2D eigenvalue weighted by Crippen LogP contribution is -2.13. The quantitative estimate of drug-likeness (QED) is 0.919. The highest BCUT2D eigenvalue weighted by Gasteiger charge is 2.13. The molecule has 1 amide bonds. The fourth-order valence-corrected chi connectivity index (χ4v) is 1.70. The molecule has 1 heterocycles. The topological polar surface area (TPSA) is 79.9 Å². The Bertz CT molecular complexity index is 670. The Balaban J connectivity index is 2.12. The Morgan fingerprint density at radius 3 is 3.00 bits per heavy atom. The van der Waals surface area contributed by atoms with Gasteiger partial charge >= 0.3 is 0 Å². The van der Waals surface area contributed by atoms with Gasteiger partial charge in [0.1, 0.15) is 11.8 Å². The van der Waals surface area contributed by atoms with Gasteiger partial charge in [0, 0.05) is 24.5 Å². The lowest BCUT2D eigenvalue weighted by molar-refractivity contribution is 0.102. The third-order valence-electron chi connectivity index (χ3n) is 2.88. The number of aryl methyl sites for hydroxylation is 1. The van der Waals surface area contributed by atoms with Crippen molar-refractivity contribution in [3.63, 3.8) is 0 Å². The molecule has 0 unspecified atom stereocenters. The predicted molar refractivity (Wildman–Crippen MR) is 73.4 cm³/mol. The maximum absolute atomic E-state index is 12.1. The largest absolute Gasteiger partial charge is 0.479 e. The summed E-state index contributed by atoms with van der Waals surface area (Å²) < 4.78 is 6.82. The fraction of sp³-hybridized carbons (Fsp3) is 0.214. The first-order valence-corrected chi connectivity index (χ1v) is 6.01. The first kappa shape index (κ1) is 13.6. The third kappa shape index (κ3) is 2.95. The van der Waals surface area contributed by atoms with Gasteiger partial charge in [0.2, 0.25) is 0 Å². The zero-order valence-corrected chi connectivity index (χ0v) is 11.3. The van der Waals surface area contributed by atoms with Crippen LogP contribution >= 0.6 is 0 Å². The molecule has 0 spiro atoms. The minimum absolute atomic E-state index is 0.0287. The molecule has 0 atom stereocenters. The maximum atomic E-state index is 12.1. The van der Waals surface area contributed by atoms with Gasteiger partial charge in [-0.05, 0) is 19.1 Å². The number of carbonyl (C=O) groups excluding carboxylic acids is 1. The molecule has 6 nitrogen and oxygen atoms in total. The van der Waals surface area contributed by atoms with Crippen molar-refractivity contribution in [3.05, 3.63) is 41.7 Å². The number of benzene rings is 1. The number of hydrogen-bond acceptors (Lipinski definition) is 4. The second kappa shape index (κ2) is 5.89. The molecule has 6 heteroatoms. The van der Waals surface area contributed by atoms with E-state index in [-0.39, 0.29) is 12.5 Å². The Labute approximate surface area is 116 Å². The van der Waals surface area contributed by atoms with Crippen molar-refractivity contribution in [1.29, 1.82) is 5.26 Å². The molecule has 2 aromatic rings. The molecule has 102 valence electrons. The van der Waals surface area contributed by atoms with Crippen LogP contribution in [0.5, 0.6) is 5.75 Å². The summed E-state index contributed by atoms with van der Waals surface area (Å²) in [6, 6.07) is 8.79. The number of amides is 1. The van der Waals surface area contributed by atoms with Crippen molar-refractivity contribution in [2.75, 3.05) is 11.9 Å². The number of nitriles is 1. The summed E-state index contributed by atoms with van der Waals surface area (Å²) in [4.78, 5) is 12.1. The molecule has 0 aliphatic carbocycles. The normalized spacial score (nSPS) is 9.85. The van der Waals surface area contributed by atoms with E-state index in [0.29, 0.717) is 17.0 Å². The van der Waals surface area contributed by atoms with E-state index >= 15 is 0 Å². The van der Waals surface area contributed by atoms with E-state index in [0.717, 1.165) is 5.69 Å². The number of ether oxygens (including phenoxy) is 1. The van der Waals surface area contributed by atoms with Gasteiger partial charge < -0.3 is 10.1 Å². The molecule has 0 aliphatic rings. The summed E-state index contributed by atoms with van der Waals surface area (Å²) in [5, 5.41) is 15.3. The predicted octanol–water partition coefficient (Wildman–Crippen LogP) is 1.88. The summed E-state index contributed by atoms with van der Waals surface area (Å²) in [5.41, 5.74) is 1.92. The lowest BCUT2D eigenvalue weighted by atomic mass is 10.2. The van der Waals surface area contributed by atoms with Gasteiger partial charge in [0.25, 0.3) is 5.91 Å². The number of hydrogen-bond donors (Lipinski definition) is 1. The number of rotatable bonds is 4. The van der Waals surface area contributed by atoms with Crippen molar-refractivity contribution >= 4 is 11.6 Å². The fourth-order valence-electron chi connectivity index (χ4n) is 1.70. The van der Waals surface area contributed by atoms with Crippen molar-refractivity contribution < 1.29 is 9.53 Å². The van der Waals surface area contributed by atoms with Gasteiger partial charge in [-0.3, -0.25) is 9.48 Å². The Morgan fingerprint density at radius 1 is 1.55 bits per heavy atom. The Hall–Kier alpha value is -2.81. The van der Waals surface area contributed by atoms with Crippen LogP contribution in [0.25, 0.3) is 0 Å². The van der Waals surface area contributed by atoms with Gasteiger partial charge in [0.05, 0.1) is 11.8 Å². The van der Waals surface area contributed by atoms with Gasteiger partial charge in [-0.15, -0.1) is 0 Å². The summed E-state index contributed by atoms with van der Waals surface area (Å²) in [5.74, 6) is 0.306. The van der Waals surface area contributed by atoms with Crippen LogP contribution in [0.2, 0.25) is 0 Å². The molecule has 0 saturated heterocycles. The average molecular weight is 270 g/mol. The molecule has 1 aromatic carbocycles. The molecule has 1 aromatic heterocycles. The number of aromatic nitrogens is 2. The number of carbonyl (C=O) groups is 1. The molecule has 2 rings (SSSR count). The molecule has 0 fully saturated rings. The average Bonchev–Trinajstić information content (AvgIpc) is 2.77. The molecule has 0 radical (unpaired) electrons. The first-order chi connectivity index (χ1) is 9.61. The van der Waals surface area contributed by atoms with Crippen LogP contribution in [0.3, 0.4) is 0 Å². The monoisotopic (exact) mass is 270 g/mol. The van der Waals surface area contributed by atoms with E-state index in [1.54, 1.807) is 36.0 Å². The van der Waals surface area contributed by atoms with E-state index in [1.165, 1.54) is 6.20 Å². The van der Waals surface area contributed by atoms with E-state index in [1.807, 2.05) is 13.0 Å².